The number of rotatable bonds is 9. The highest BCUT2D eigenvalue weighted by Gasteiger charge is 2.29. The van der Waals surface area contributed by atoms with Crippen molar-refractivity contribution in [3.05, 3.63) is 57.4 Å². The number of hydrogen-bond acceptors (Lipinski definition) is 6. The zero-order valence-corrected chi connectivity index (χ0v) is 20.4. The molecule has 11 heteroatoms. The lowest BCUT2D eigenvalue weighted by Crippen LogP contribution is -2.42. The Morgan fingerprint density at radius 3 is 2.70 bits per heavy atom. The van der Waals surface area contributed by atoms with Gasteiger partial charge in [-0.2, -0.15) is 4.31 Å². The van der Waals surface area contributed by atoms with E-state index in [1.165, 1.54) is 0 Å². The number of aliphatic hydroxyl groups is 1. The lowest BCUT2D eigenvalue weighted by atomic mass is 9.98. The van der Waals surface area contributed by atoms with E-state index in [2.05, 4.69) is 31.2 Å². The van der Waals surface area contributed by atoms with Crippen LogP contribution in [0.3, 0.4) is 0 Å². The quantitative estimate of drug-likeness (QED) is 0.330. The van der Waals surface area contributed by atoms with E-state index in [0.717, 1.165) is 17.3 Å². The third-order valence-corrected chi connectivity index (χ3v) is 8.15. The fourth-order valence-corrected chi connectivity index (χ4v) is 6.05. The van der Waals surface area contributed by atoms with E-state index in [1.807, 2.05) is 0 Å². The van der Waals surface area contributed by atoms with Gasteiger partial charge in [-0.25, -0.2) is 13.2 Å². The highest BCUT2D eigenvalue weighted by molar-refractivity contribution is 9.10. The summed E-state index contributed by atoms with van der Waals surface area (Å²) >= 11 is 3.33. The van der Waals surface area contributed by atoms with Crippen molar-refractivity contribution in [1.29, 1.82) is 0 Å². The summed E-state index contributed by atoms with van der Waals surface area (Å²) in [4.78, 5) is 17.1. The number of aromatic nitrogens is 2. The molecule has 2 heterocycles. The fraction of sp³-hybridized carbons (Fsp3) is 0.409. The van der Waals surface area contributed by atoms with Crippen molar-refractivity contribution in [3.8, 4) is 5.75 Å². The van der Waals surface area contributed by atoms with Crippen LogP contribution < -0.4 is 15.7 Å². The molecule has 1 aromatic heterocycles. The molecule has 0 amide bonds. The molecule has 0 bridgehead atoms. The zero-order valence-electron chi connectivity index (χ0n) is 18.0. The first-order valence-electron chi connectivity index (χ1n) is 10.8. The Morgan fingerprint density at radius 2 is 1.94 bits per heavy atom. The highest BCUT2D eigenvalue weighted by atomic mass is 79.9. The molecule has 1 aliphatic rings. The lowest BCUT2D eigenvalue weighted by molar-refractivity contribution is 0.105. The molecule has 9 nitrogen and oxygen atoms in total. The normalized spacial score (nSPS) is 16.8. The number of sulfonamides is 1. The monoisotopic (exact) mass is 538 g/mol. The number of halogens is 1. The van der Waals surface area contributed by atoms with Gasteiger partial charge in [-0.3, -0.25) is 0 Å². The Labute approximate surface area is 200 Å². The van der Waals surface area contributed by atoms with Gasteiger partial charge in [0.05, 0.1) is 10.4 Å². The van der Waals surface area contributed by atoms with Gasteiger partial charge in [-0.1, -0.05) is 28.1 Å². The van der Waals surface area contributed by atoms with Crippen molar-refractivity contribution in [2.24, 2.45) is 5.92 Å². The third kappa shape index (κ3) is 5.85. The van der Waals surface area contributed by atoms with E-state index < -0.39 is 16.1 Å². The van der Waals surface area contributed by atoms with Gasteiger partial charge in [-0.15, -0.1) is 0 Å². The molecule has 178 valence electrons. The van der Waals surface area contributed by atoms with Crippen LogP contribution in [-0.4, -0.2) is 66.7 Å². The first kappa shape index (κ1) is 24.0. The van der Waals surface area contributed by atoms with E-state index in [-0.39, 0.29) is 12.3 Å². The fourth-order valence-electron chi connectivity index (χ4n) is 3.98. The second kappa shape index (κ2) is 10.4. The van der Waals surface area contributed by atoms with E-state index in [9.17, 15) is 18.3 Å². The maximum Gasteiger partial charge on any atom is 0.323 e. The first-order valence-corrected chi connectivity index (χ1v) is 13.0. The van der Waals surface area contributed by atoms with Crippen LogP contribution in [0.2, 0.25) is 0 Å². The number of piperidine rings is 1. The molecule has 0 spiro atoms. The number of aliphatic hydroxyl groups excluding tert-OH is 1. The minimum Gasteiger partial charge on any atom is -0.489 e. The molecule has 4 rings (SSSR count). The summed E-state index contributed by atoms with van der Waals surface area (Å²) < 4.78 is 33.6. The SMILES string of the molecule is O=c1[nH]c2cccc(OC[C@H](O)CNCC3CCN(S(=O)(=O)c4cccc(Br)c4)CC3)c2[nH]1. The van der Waals surface area contributed by atoms with Gasteiger partial charge in [0.1, 0.15) is 24.0 Å². The average Bonchev–Trinajstić information content (AvgIpc) is 3.19. The Bertz CT molecular complexity index is 1250. The van der Waals surface area contributed by atoms with E-state index in [1.54, 1.807) is 46.8 Å². The van der Waals surface area contributed by atoms with Crippen LogP contribution in [0.1, 0.15) is 12.8 Å². The topological polar surface area (TPSA) is 128 Å². The number of nitrogens with zero attached hydrogens (tertiary/aromatic N) is 1. The van der Waals surface area contributed by atoms with Gasteiger partial charge >= 0.3 is 5.69 Å². The van der Waals surface area contributed by atoms with Crippen LogP contribution in [0, 0.1) is 5.92 Å². The third-order valence-electron chi connectivity index (χ3n) is 5.76. The van der Waals surface area contributed by atoms with Crippen molar-refractivity contribution in [3.63, 3.8) is 0 Å². The summed E-state index contributed by atoms with van der Waals surface area (Å²) in [5.74, 6) is 0.842. The molecular weight excluding hydrogens is 512 g/mol. The number of H-pyrrole nitrogens is 2. The molecule has 0 aliphatic carbocycles. The van der Waals surface area contributed by atoms with Crippen LogP contribution >= 0.6 is 15.9 Å². The van der Waals surface area contributed by atoms with Crippen LogP contribution in [0.25, 0.3) is 11.0 Å². The van der Waals surface area contributed by atoms with Crippen molar-refractivity contribution < 1.29 is 18.3 Å². The second-order valence-corrected chi connectivity index (χ2v) is 11.0. The Hall–Kier alpha value is -2.18. The number of benzene rings is 2. The molecule has 33 heavy (non-hydrogen) atoms. The van der Waals surface area contributed by atoms with Gasteiger partial charge < -0.3 is 25.1 Å². The number of fused-ring (bicyclic) bond motifs is 1. The summed E-state index contributed by atoms with van der Waals surface area (Å²) in [7, 11) is -3.49. The molecule has 1 fully saturated rings. The van der Waals surface area contributed by atoms with Crippen LogP contribution in [0.15, 0.2) is 56.6 Å². The van der Waals surface area contributed by atoms with Gasteiger partial charge in [0.15, 0.2) is 0 Å². The summed E-state index contributed by atoms with van der Waals surface area (Å²) in [6.45, 7) is 2.10. The zero-order chi connectivity index (χ0) is 23.4. The molecule has 3 aromatic rings. The number of ether oxygens (including phenoxy) is 1. The summed E-state index contributed by atoms with van der Waals surface area (Å²) in [6, 6.07) is 12.1. The number of aromatic amines is 2. The predicted molar refractivity (Wildman–Crippen MR) is 129 cm³/mol. The predicted octanol–water partition coefficient (Wildman–Crippen LogP) is 2.05. The maximum atomic E-state index is 12.8. The molecule has 0 saturated carbocycles. The average molecular weight is 539 g/mol. The van der Waals surface area contributed by atoms with Gasteiger partial charge in [0.25, 0.3) is 0 Å². The second-order valence-electron chi connectivity index (χ2n) is 8.19. The Morgan fingerprint density at radius 1 is 1.18 bits per heavy atom. The minimum absolute atomic E-state index is 0.0860. The molecule has 2 aromatic carbocycles. The van der Waals surface area contributed by atoms with Crippen molar-refractivity contribution in [2.75, 3.05) is 32.8 Å². The number of para-hydroxylation sites is 1. The molecule has 0 unspecified atom stereocenters. The molecular formula is C22H27BrN4O5S. The van der Waals surface area contributed by atoms with E-state index in [4.69, 9.17) is 4.74 Å². The van der Waals surface area contributed by atoms with Crippen LogP contribution in [0.4, 0.5) is 0 Å². The largest absolute Gasteiger partial charge is 0.489 e. The molecule has 1 aliphatic heterocycles. The molecule has 4 N–H and O–H groups in total. The smallest absolute Gasteiger partial charge is 0.323 e. The molecule has 0 radical (unpaired) electrons. The molecule has 1 saturated heterocycles. The van der Waals surface area contributed by atoms with Gasteiger partial charge in [0.2, 0.25) is 10.0 Å². The lowest BCUT2D eigenvalue weighted by Gasteiger charge is -2.31. The standard InChI is InChI=1S/C22H27BrN4O5S/c23-16-3-1-4-18(11-16)33(30,31)27-9-7-15(8-10-27)12-24-13-17(28)14-32-20-6-2-5-19-21(20)26-22(29)25-19/h1-6,11,15,17,24,28H,7-10,12-14H2,(H2,25,26,29)/t17-/m1/s1. The maximum absolute atomic E-state index is 12.8. The Kier molecular flexibility index (Phi) is 7.55. The summed E-state index contributed by atoms with van der Waals surface area (Å²) in [5, 5.41) is 13.5. The van der Waals surface area contributed by atoms with Gasteiger partial charge in [-0.05, 0) is 55.6 Å². The first-order chi connectivity index (χ1) is 15.8. The van der Waals surface area contributed by atoms with Crippen molar-refractivity contribution in [1.82, 2.24) is 19.6 Å². The summed E-state index contributed by atoms with van der Waals surface area (Å²) in [6.07, 6.45) is 0.800. The van der Waals surface area contributed by atoms with Crippen LogP contribution in [0.5, 0.6) is 5.75 Å². The van der Waals surface area contributed by atoms with E-state index >= 15 is 0 Å². The highest BCUT2D eigenvalue weighted by Crippen LogP contribution is 2.25. The number of nitrogens with one attached hydrogen (secondary N) is 3. The summed E-state index contributed by atoms with van der Waals surface area (Å²) in [5.41, 5.74) is 0.921. The minimum atomic E-state index is -3.49. The van der Waals surface area contributed by atoms with Gasteiger partial charge in [0, 0.05) is 24.1 Å². The Balaban J connectivity index is 1.20. The number of imidazole rings is 1. The van der Waals surface area contributed by atoms with Crippen molar-refractivity contribution >= 4 is 37.0 Å². The van der Waals surface area contributed by atoms with E-state index in [0.29, 0.717) is 53.8 Å². The van der Waals surface area contributed by atoms with Crippen LogP contribution in [-0.2, 0) is 10.0 Å². The molecule has 1 atom stereocenters. The number of hydrogen-bond donors (Lipinski definition) is 4. The van der Waals surface area contributed by atoms with Crippen molar-refractivity contribution in [2.45, 2.75) is 23.8 Å².